The van der Waals surface area contributed by atoms with Crippen LogP contribution in [-0.4, -0.2) is 51.6 Å². The van der Waals surface area contributed by atoms with Gasteiger partial charge in [0, 0.05) is 23.8 Å². The summed E-state index contributed by atoms with van der Waals surface area (Å²) in [5.41, 5.74) is 7.26. The van der Waals surface area contributed by atoms with Crippen LogP contribution in [0.4, 0.5) is 5.95 Å². The summed E-state index contributed by atoms with van der Waals surface area (Å²) in [6.45, 7) is 4.18. The predicted molar refractivity (Wildman–Crippen MR) is 81.8 cm³/mol. The summed E-state index contributed by atoms with van der Waals surface area (Å²) >= 11 is 3.35. The molecule has 112 valence electrons. The van der Waals surface area contributed by atoms with E-state index in [0.717, 1.165) is 4.47 Å². The van der Waals surface area contributed by atoms with Crippen molar-refractivity contribution in [1.82, 2.24) is 19.4 Å². The number of halogens is 1. The Bertz CT molecular complexity index is 680. The molecule has 1 atom stereocenters. The Kier molecular flexibility index (Phi) is 3.81. The molecule has 0 aromatic carbocycles. The summed E-state index contributed by atoms with van der Waals surface area (Å²) in [5.74, 6) is 0.304. The molecule has 7 nitrogen and oxygen atoms in total. The van der Waals surface area contributed by atoms with Crippen LogP contribution < -0.4 is 5.73 Å². The van der Waals surface area contributed by atoms with Crippen LogP contribution >= 0.6 is 15.9 Å². The first-order chi connectivity index (χ1) is 10.1. The SMILES string of the molecule is CC(C(=O)N1CCOCC1)n1c(N)nc2cc(Br)cnc21. The standard InChI is InChI=1S/C13H16BrN5O2/c1-8(12(20)18-2-4-21-5-3-18)19-11-10(17-13(19)15)6-9(14)7-16-11/h6-8H,2-5H2,1H3,(H2,15,17). The molecule has 0 spiro atoms. The van der Waals surface area contributed by atoms with Crippen molar-refractivity contribution in [1.29, 1.82) is 0 Å². The van der Waals surface area contributed by atoms with Crippen LogP contribution in [0.25, 0.3) is 11.2 Å². The van der Waals surface area contributed by atoms with Gasteiger partial charge in [-0.15, -0.1) is 0 Å². The molecule has 2 aromatic rings. The molecule has 8 heteroatoms. The minimum absolute atomic E-state index is 0.00835. The van der Waals surface area contributed by atoms with Gasteiger partial charge in [0.05, 0.1) is 13.2 Å². The van der Waals surface area contributed by atoms with Crippen LogP contribution in [0.2, 0.25) is 0 Å². The van der Waals surface area contributed by atoms with Crippen molar-refractivity contribution < 1.29 is 9.53 Å². The van der Waals surface area contributed by atoms with Gasteiger partial charge in [0.15, 0.2) is 5.65 Å². The van der Waals surface area contributed by atoms with Crippen molar-refractivity contribution >= 4 is 38.9 Å². The minimum atomic E-state index is -0.443. The first kappa shape index (κ1) is 14.3. The lowest BCUT2D eigenvalue weighted by Crippen LogP contribution is -2.43. The minimum Gasteiger partial charge on any atom is -0.378 e. The number of carbonyl (C=O) groups excluding carboxylic acids is 1. The molecule has 1 aliphatic heterocycles. The van der Waals surface area contributed by atoms with Crippen LogP contribution in [0.1, 0.15) is 13.0 Å². The van der Waals surface area contributed by atoms with Crippen LogP contribution in [0.5, 0.6) is 0 Å². The number of fused-ring (bicyclic) bond motifs is 1. The second kappa shape index (κ2) is 5.61. The molecule has 3 heterocycles. The second-order valence-electron chi connectivity index (χ2n) is 4.95. The zero-order valence-corrected chi connectivity index (χ0v) is 13.2. The van der Waals surface area contributed by atoms with Gasteiger partial charge in [-0.2, -0.15) is 0 Å². The highest BCUT2D eigenvalue weighted by Crippen LogP contribution is 2.24. The third kappa shape index (κ3) is 2.60. The number of carbonyl (C=O) groups is 1. The Labute approximate surface area is 130 Å². The van der Waals surface area contributed by atoms with Crippen LogP contribution in [-0.2, 0) is 9.53 Å². The number of ether oxygens (including phenoxy) is 1. The Morgan fingerprint density at radius 1 is 1.48 bits per heavy atom. The monoisotopic (exact) mass is 353 g/mol. The average Bonchev–Trinajstić information content (AvgIpc) is 2.81. The van der Waals surface area contributed by atoms with Gasteiger partial charge < -0.3 is 15.4 Å². The molecule has 2 N–H and O–H groups in total. The smallest absolute Gasteiger partial charge is 0.245 e. The van der Waals surface area contributed by atoms with Crippen LogP contribution in [0.15, 0.2) is 16.7 Å². The van der Waals surface area contributed by atoms with Crippen molar-refractivity contribution in [3.63, 3.8) is 0 Å². The van der Waals surface area contributed by atoms with Gasteiger partial charge in [-0.25, -0.2) is 9.97 Å². The highest BCUT2D eigenvalue weighted by atomic mass is 79.9. The van der Waals surface area contributed by atoms with E-state index in [9.17, 15) is 4.79 Å². The quantitative estimate of drug-likeness (QED) is 0.876. The van der Waals surface area contributed by atoms with Crippen molar-refractivity contribution in [3.8, 4) is 0 Å². The Hall–Kier alpha value is -1.67. The maximum atomic E-state index is 12.6. The number of nitrogens with two attached hydrogens (primary N) is 1. The topological polar surface area (TPSA) is 86.3 Å². The van der Waals surface area contributed by atoms with Crippen molar-refractivity contribution in [2.24, 2.45) is 0 Å². The Morgan fingerprint density at radius 3 is 2.90 bits per heavy atom. The van der Waals surface area contributed by atoms with E-state index >= 15 is 0 Å². The summed E-state index contributed by atoms with van der Waals surface area (Å²) in [4.78, 5) is 23.0. The summed E-state index contributed by atoms with van der Waals surface area (Å²) in [6, 6.07) is 1.39. The molecule has 0 bridgehead atoms. The number of imidazole rings is 1. The fourth-order valence-electron chi connectivity index (χ4n) is 2.52. The third-order valence-electron chi connectivity index (χ3n) is 3.59. The van der Waals surface area contributed by atoms with Crippen molar-refractivity contribution in [3.05, 3.63) is 16.7 Å². The number of nitrogens with zero attached hydrogens (tertiary/aromatic N) is 4. The number of rotatable bonds is 2. The summed E-state index contributed by atoms with van der Waals surface area (Å²) in [6.07, 6.45) is 1.67. The lowest BCUT2D eigenvalue weighted by atomic mass is 10.2. The van der Waals surface area contributed by atoms with Gasteiger partial charge >= 0.3 is 0 Å². The first-order valence-electron chi connectivity index (χ1n) is 6.73. The number of hydrogen-bond donors (Lipinski definition) is 1. The van der Waals surface area contributed by atoms with E-state index in [1.54, 1.807) is 15.7 Å². The van der Waals surface area contributed by atoms with Crippen molar-refractivity contribution in [2.45, 2.75) is 13.0 Å². The van der Waals surface area contributed by atoms with Crippen LogP contribution in [0, 0.1) is 0 Å². The molecule has 1 aliphatic rings. The second-order valence-corrected chi connectivity index (χ2v) is 5.87. The van der Waals surface area contributed by atoms with Crippen molar-refractivity contribution in [2.75, 3.05) is 32.0 Å². The summed E-state index contributed by atoms with van der Waals surface area (Å²) < 4.78 is 7.78. The maximum Gasteiger partial charge on any atom is 0.245 e. The van der Waals surface area contributed by atoms with Crippen LogP contribution in [0.3, 0.4) is 0 Å². The fraction of sp³-hybridized carbons (Fsp3) is 0.462. The molecule has 0 aliphatic carbocycles. The van der Waals surface area contributed by atoms with E-state index in [4.69, 9.17) is 10.5 Å². The molecule has 0 saturated carbocycles. The zero-order valence-electron chi connectivity index (χ0n) is 11.6. The molecule has 2 aromatic heterocycles. The lowest BCUT2D eigenvalue weighted by molar-refractivity contribution is -0.138. The molecular weight excluding hydrogens is 338 g/mol. The van der Waals surface area contributed by atoms with E-state index in [1.807, 2.05) is 13.0 Å². The Balaban J connectivity index is 1.95. The number of pyridine rings is 1. The first-order valence-corrected chi connectivity index (χ1v) is 7.52. The Morgan fingerprint density at radius 2 is 2.19 bits per heavy atom. The molecule has 21 heavy (non-hydrogen) atoms. The largest absolute Gasteiger partial charge is 0.378 e. The van der Waals surface area contributed by atoms with E-state index in [-0.39, 0.29) is 5.91 Å². The molecule has 1 unspecified atom stereocenters. The van der Waals surface area contributed by atoms with Gasteiger partial charge in [0.1, 0.15) is 11.6 Å². The van der Waals surface area contributed by atoms with E-state index < -0.39 is 6.04 Å². The van der Waals surface area contributed by atoms with Gasteiger partial charge in [0.2, 0.25) is 11.9 Å². The van der Waals surface area contributed by atoms with E-state index in [1.165, 1.54) is 0 Å². The highest BCUT2D eigenvalue weighted by molar-refractivity contribution is 9.10. The highest BCUT2D eigenvalue weighted by Gasteiger charge is 2.26. The summed E-state index contributed by atoms with van der Waals surface area (Å²) in [5, 5.41) is 0. The summed E-state index contributed by atoms with van der Waals surface area (Å²) in [7, 11) is 0. The predicted octanol–water partition coefficient (Wildman–Crippen LogP) is 1.20. The number of morpholine rings is 1. The van der Waals surface area contributed by atoms with Gasteiger partial charge in [-0.05, 0) is 28.9 Å². The normalized spacial score (nSPS) is 17.1. The molecule has 1 fully saturated rings. The third-order valence-corrected chi connectivity index (χ3v) is 4.02. The molecular formula is C13H16BrN5O2. The molecule has 1 amide bonds. The molecule has 1 saturated heterocycles. The number of amides is 1. The molecule has 0 radical (unpaired) electrons. The average molecular weight is 354 g/mol. The number of nitrogen functional groups attached to an aromatic ring is 1. The number of hydrogen-bond acceptors (Lipinski definition) is 5. The fourth-order valence-corrected chi connectivity index (χ4v) is 2.83. The van der Waals surface area contributed by atoms with Gasteiger partial charge in [-0.1, -0.05) is 0 Å². The number of aromatic nitrogens is 3. The van der Waals surface area contributed by atoms with E-state index in [2.05, 4.69) is 25.9 Å². The van der Waals surface area contributed by atoms with Gasteiger partial charge in [-0.3, -0.25) is 9.36 Å². The lowest BCUT2D eigenvalue weighted by Gasteiger charge is -2.29. The van der Waals surface area contributed by atoms with Gasteiger partial charge in [0.25, 0.3) is 0 Å². The number of anilines is 1. The zero-order chi connectivity index (χ0) is 15.0. The van der Waals surface area contributed by atoms with E-state index in [0.29, 0.717) is 43.4 Å². The molecule has 3 rings (SSSR count). The maximum absolute atomic E-state index is 12.6.